The van der Waals surface area contributed by atoms with E-state index in [9.17, 15) is 4.79 Å². The average molecular weight is 237 g/mol. The number of aliphatic hydroxyl groups is 1. The van der Waals surface area contributed by atoms with E-state index in [2.05, 4.69) is 5.32 Å². The zero-order valence-corrected chi connectivity index (χ0v) is 10.2. The third-order valence-corrected chi connectivity index (χ3v) is 2.89. The van der Waals surface area contributed by atoms with Gasteiger partial charge in [-0.2, -0.15) is 0 Å². The summed E-state index contributed by atoms with van der Waals surface area (Å²) in [7, 11) is 0. The third-order valence-electron chi connectivity index (χ3n) is 2.89. The minimum Gasteiger partial charge on any atom is -0.397 e. The Morgan fingerprint density at radius 1 is 1.65 bits per heavy atom. The van der Waals surface area contributed by atoms with Gasteiger partial charge >= 0.3 is 0 Å². The van der Waals surface area contributed by atoms with Gasteiger partial charge in [-0.05, 0) is 32.8 Å². The third kappa shape index (κ3) is 2.61. The molecule has 1 aromatic rings. The minimum absolute atomic E-state index is 0.0988. The molecule has 0 spiro atoms. The number of aromatic nitrogens is 1. The van der Waals surface area contributed by atoms with Crippen LogP contribution in [0.3, 0.4) is 0 Å². The highest BCUT2D eigenvalue weighted by Gasteiger charge is 2.29. The molecule has 0 atom stereocenters. The number of nitrogens with two attached hydrogens (primary N) is 1. The van der Waals surface area contributed by atoms with E-state index in [-0.39, 0.29) is 12.5 Å². The standard InChI is InChI=1S/C12H19N3O2/c1-12(2,7-16)14-11(17)10-5-8(13)6-15(10)9-3-4-9/h5-6,9,16H,3-4,7,13H2,1-2H3,(H,14,17). The van der Waals surface area contributed by atoms with Crippen LogP contribution < -0.4 is 11.1 Å². The lowest BCUT2D eigenvalue weighted by atomic mass is 10.1. The summed E-state index contributed by atoms with van der Waals surface area (Å²) in [6.07, 6.45) is 3.99. The van der Waals surface area contributed by atoms with Gasteiger partial charge in [-0.1, -0.05) is 0 Å². The summed E-state index contributed by atoms with van der Waals surface area (Å²) in [5, 5.41) is 11.9. The number of amides is 1. The van der Waals surface area contributed by atoms with Crippen LogP contribution >= 0.6 is 0 Å². The molecule has 0 bridgehead atoms. The van der Waals surface area contributed by atoms with Crippen molar-refractivity contribution in [1.29, 1.82) is 0 Å². The van der Waals surface area contributed by atoms with Crippen LogP contribution in [0.4, 0.5) is 5.69 Å². The monoisotopic (exact) mass is 237 g/mol. The van der Waals surface area contributed by atoms with Crippen LogP contribution in [0.15, 0.2) is 12.3 Å². The van der Waals surface area contributed by atoms with E-state index in [0.29, 0.717) is 17.4 Å². The molecule has 17 heavy (non-hydrogen) atoms. The molecule has 0 aromatic carbocycles. The number of carbonyl (C=O) groups excluding carboxylic acids is 1. The van der Waals surface area contributed by atoms with Crippen LogP contribution in [0.25, 0.3) is 0 Å². The molecule has 4 N–H and O–H groups in total. The van der Waals surface area contributed by atoms with Crippen LogP contribution in [0.1, 0.15) is 43.2 Å². The molecule has 1 aliphatic rings. The Labute approximate surface area is 101 Å². The maximum absolute atomic E-state index is 12.1. The number of nitrogens with zero attached hydrogens (tertiary/aromatic N) is 1. The minimum atomic E-state index is -0.621. The van der Waals surface area contributed by atoms with Crippen molar-refractivity contribution in [3.8, 4) is 0 Å². The number of hydrogen-bond donors (Lipinski definition) is 3. The van der Waals surface area contributed by atoms with E-state index in [0.717, 1.165) is 12.8 Å². The number of nitrogen functional groups attached to an aromatic ring is 1. The zero-order valence-electron chi connectivity index (χ0n) is 10.2. The van der Waals surface area contributed by atoms with Gasteiger partial charge in [-0.15, -0.1) is 0 Å². The zero-order chi connectivity index (χ0) is 12.6. The fraction of sp³-hybridized carbons (Fsp3) is 0.583. The summed E-state index contributed by atoms with van der Waals surface area (Å²) in [4.78, 5) is 12.1. The molecule has 1 amide bonds. The van der Waals surface area contributed by atoms with Gasteiger partial charge in [0, 0.05) is 12.2 Å². The predicted octanol–water partition coefficient (Wildman–Crippen LogP) is 0.906. The molecule has 5 nitrogen and oxygen atoms in total. The van der Waals surface area contributed by atoms with Gasteiger partial charge in [0.25, 0.3) is 5.91 Å². The second-order valence-electron chi connectivity index (χ2n) is 5.29. The molecule has 2 rings (SSSR count). The first kappa shape index (κ1) is 12.0. The molecule has 0 unspecified atom stereocenters. The van der Waals surface area contributed by atoms with Gasteiger partial charge < -0.3 is 20.7 Å². The maximum atomic E-state index is 12.1. The quantitative estimate of drug-likeness (QED) is 0.728. The Morgan fingerprint density at radius 2 is 2.29 bits per heavy atom. The molecule has 1 aromatic heterocycles. The molecule has 5 heteroatoms. The Hall–Kier alpha value is -1.49. The van der Waals surface area contributed by atoms with Gasteiger partial charge in [0.1, 0.15) is 5.69 Å². The van der Waals surface area contributed by atoms with E-state index < -0.39 is 5.54 Å². The largest absolute Gasteiger partial charge is 0.397 e. The number of nitrogens with one attached hydrogen (secondary N) is 1. The van der Waals surface area contributed by atoms with Crippen LogP contribution in [0, 0.1) is 0 Å². The van der Waals surface area contributed by atoms with Crippen molar-refractivity contribution in [2.45, 2.75) is 38.3 Å². The highest BCUT2D eigenvalue weighted by atomic mass is 16.3. The second-order valence-corrected chi connectivity index (χ2v) is 5.29. The fourth-order valence-electron chi connectivity index (χ4n) is 1.75. The normalized spacial score (nSPS) is 15.9. The summed E-state index contributed by atoms with van der Waals surface area (Å²) in [5.74, 6) is -0.187. The summed E-state index contributed by atoms with van der Waals surface area (Å²) in [6.45, 7) is 3.45. The lowest BCUT2D eigenvalue weighted by molar-refractivity contribution is 0.0859. The van der Waals surface area contributed by atoms with Crippen molar-refractivity contribution in [2.24, 2.45) is 0 Å². The fourth-order valence-corrected chi connectivity index (χ4v) is 1.75. The summed E-state index contributed by atoms with van der Waals surface area (Å²) < 4.78 is 1.93. The molecule has 1 aliphatic carbocycles. The van der Waals surface area contributed by atoms with Gasteiger partial charge in [0.05, 0.1) is 17.8 Å². The Balaban J connectivity index is 2.18. The predicted molar refractivity (Wildman–Crippen MR) is 65.7 cm³/mol. The first-order chi connectivity index (χ1) is 7.93. The van der Waals surface area contributed by atoms with Crippen molar-refractivity contribution in [1.82, 2.24) is 9.88 Å². The molecule has 0 radical (unpaired) electrons. The molecule has 0 aliphatic heterocycles. The summed E-state index contributed by atoms with van der Waals surface area (Å²) >= 11 is 0. The van der Waals surface area contributed by atoms with Gasteiger partial charge in [-0.25, -0.2) is 0 Å². The van der Waals surface area contributed by atoms with Gasteiger partial charge in [0.2, 0.25) is 0 Å². The highest BCUT2D eigenvalue weighted by molar-refractivity contribution is 5.94. The van der Waals surface area contributed by atoms with Crippen LogP contribution in [-0.2, 0) is 0 Å². The molecule has 1 saturated carbocycles. The van der Waals surface area contributed by atoms with E-state index >= 15 is 0 Å². The number of aliphatic hydroxyl groups excluding tert-OH is 1. The second kappa shape index (κ2) is 4.07. The summed E-state index contributed by atoms with van der Waals surface area (Å²) in [6, 6.07) is 2.09. The molecule has 1 fully saturated rings. The number of rotatable bonds is 4. The lowest BCUT2D eigenvalue weighted by Crippen LogP contribution is -2.46. The average Bonchev–Trinajstić information content (AvgIpc) is 3.01. The van der Waals surface area contributed by atoms with E-state index in [1.54, 1.807) is 26.1 Å². The lowest BCUT2D eigenvalue weighted by Gasteiger charge is -2.23. The van der Waals surface area contributed by atoms with Gasteiger partial charge in [0.15, 0.2) is 0 Å². The molecule has 0 saturated heterocycles. The van der Waals surface area contributed by atoms with Gasteiger partial charge in [-0.3, -0.25) is 4.79 Å². The Bertz CT molecular complexity index is 433. The number of carbonyl (C=O) groups is 1. The molecule has 94 valence electrons. The first-order valence-corrected chi connectivity index (χ1v) is 5.84. The van der Waals surface area contributed by atoms with E-state index in [1.807, 2.05) is 4.57 Å². The maximum Gasteiger partial charge on any atom is 0.268 e. The first-order valence-electron chi connectivity index (χ1n) is 5.84. The highest BCUT2D eigenvalue weighted by Crippen LogP contribution is 2.37. The van der Waals surface area contributed by atoms with Crippen molar-refractivity contribution in [3.63, 3.8) is 0 Å². The number of anilines is 1. The Kier molecular flexibility index (Phi) is 2.87. The van der Waals surface area contributed by atoms with Crippen LogP contribution in [-0.4, -0.2) is 27.7 Å². The summed E-state index contributed by atoms with van der Waals surface area (Å²) in [5.41, 5.74) is 6.28. The Morgan fingerprint density at radius 3 is 2.82 bits per heavy atom. The van der Waals surface area contributed by atoms with Crippen molar-refractivity contribution in [2.75, 3.05) is 12.3 Å². The van der Waals surface area contributed by atoms with Crippen molar-refractivity contribution < 1.29 is 9.90 Å². The van der Waals surface area contributed by atoms with E-state index in [4.69, 9.17) is 10.8 Å². The van der Waals surface area contributed by atoms with Crippen LogP contribution in [0.5, 0.6) is 0 Å². The SMILES string of the molecule is CC(C)(CO)NC(=O)c1cc(N)cn1C1CC1. The molecular formula is C12H19N3O2. The van der Waals surface area contributed by atoms with Crippen LogP contribution in [0.2, 0.25) is 0 Å². The smallest absolute Gasteiger partial charge is 0.268 e. The van der Waals surface area contributed by atoms with Crippen molar-refractivity contribution >= 4 is 11.6 Å². The topological polar surface area (TPSA) is 80.3 Å². The van der Waals surface area contributed by atoms with E-state index in [1.165, 1.54) is 0 Å². The number of hydrogen-bond acceptors (Lipinski definition) is 3. The molecular weight excluding hydrogens is 218 g/mol. The molecule has 1 heterocycles. The van der Waals surface area contributed by atoms with Crippen molar-refractivity contribution in [3.05, 3.63) is 18.0 Å².